The minimum absolute atomic E-state index is 0.0443. The van der Waals surface area contributed by atoms with Gasteiger partial charge in [0.25, 0.3) is 5.56 Å². The van der Waals surface area contributed by atoms with E-state index in [4.69, 9.17) is 16.3 Å². The minimum Gasteiger partial charge on any atom is -0.497 e. The van der Waals surface area contributed by atoms with Crippen LogP contribution in [0.25, 0.3) is 0 Å². The molecule has 18 heavy (non-hydrogen) atoms. The lowest BCUT2D eigenvalue weighted by atomic mass is 10.3. The fourth-order valence-corrected chi connectivity index (χ4v) is 1.79. The van der Waals surface area contributed by atoms with E-state index in [2.05, 4.69) is 9.97 Å². The molecule has 0 aliphatic heterocycles. The molecule has 0 N–H and O–H groups in total. The summed E-state index contributed by atoms with van der Waals surface area (Å²) in [5.74, 6) is 0.714. The molecular weight excluding hydrogens is 254 g/mol. The van der Waals surface area contributed by atoms with Crippen LogP contribution in [0.2, 0.25) is 5.15 Å². The molecule has 2 heterocycles. The van der Waals surface area contributed by atoms with Gasteiger partial charge >= 0.3 is 0 Å². The van der Waals surface area contributed by atoms with Gasteiger partial charge in [-0.15, -0.1) is 0 Å². The fraction of sp³-hybridized carbons (Fsp3) is 0.250. The first-order chi connectivity index (χ1) is 8.60. The summed E-state index contributed by atoms with van der Waals surface area (Å²) in [6.07, 6.45) is 3.06. The Kier molecular flexibility index (Phi) is 3.62. The maximum Gasteiger partial charge on any atom is 0.288 e. The largest absolute Gasteiger partial charge is 0.497 e. The Morgan fingerprint density at radius 3 is 2.94 bits per heavy atom. The molecule has 0 saturated heterocycles. The van der Waals surface area contributed by atoms with Crippen LogP contribution in [0.15, 0.2) is 29.3 Å². The maximum atomic E-state index is 11.7. The topological polar surface area (TPSA) is 57.0 Å². The standard InChI is InChI=1S/C12H12ClN3O2/c1-8-5-10(18-2)6-9(15-8)7-16-4-3-14-11(13)12(16)17/h3-6H,7H2,1-2H3. The van der Waals surface area contributed by atoms with E-state index in [-0.39, 0.29) is 10.7 Å². The maximum absolute atomic E-state index is 11.7. The quantitative estimate of drug-likeness (QED) is 0.847. The van der Waals surface area contributed by atoms with Gasteiger partial charge in [0.15, 0.2) is 5.15 Å². The van der Waals surface area contributed by atoms with Crippen LogP contribution in [-0.2, 0) is 6.54 Å². The molecule has 0 bridgehead atoms. The van der Waals surface area contributed by atoms with Gasteiger partial charge in [-0.25, -0.2) is 4.98 Å². The number of aryl methyl sites for hydroxylation is 1. The second kappa shape index (κ2) is 5.18. The summed E-state index contributed by atoms with van der Waals surface area (Å²) >= 11 is 5.68. The predicted octanol–water partition coefficient (Wildman–Crippen LogP) is 1.66. The molecule has 6 heteroatoms. The Bertz CT molecular complexity index is 625. The summed E-state index contributed by atoms with van der Waals surface area (Å²) in [7, 11) is 1.59. The molecule has 0 aliphatic rings. The summed E-state index contributed by atoms with van der Waals surface area (Å²) in [4.78, 5) is 19.8. The van der Waals surface area contributed by atoms with Crippen molar-refractivity contribution in [1.29, 1.82) is 0 Å². The van der Waals surface area contributed by atoms with Crippen LogP contribution < -0.4 is 10.3 Å². The monoisotopic (exact) mass is 265 g/mol. The van der Waals surface area contributed by atoms with Crippen molar-refractivity contribution in [2.24, 2.45) is 0 Å². The first-order valence-electron chi connectivity index (χ1n) is 5.32. The minimum atomic E-state index is -0.332. The van der Waals surface area contributed by atoms with Crippen LogP contribution in [0.1, 0.15) is 11.4 Å². The van der Waals surface area contributed by atoms with Crippen molar-refractivity contribution in [1.82, 2.24) is 14.5 Å². The molecule has 0 fully saturated rings. The van der Waals surface area contributed by atoms with Crippen molar-refractivity contribution in [3.8, 4) is 5.75 Å². The SMILES string of the molecule is COc1cc(C)nc(Cn2ccnc(Cl)c2=O)c1. The molecule has 5 nitrogen and oxygen atoms in total. The molecule has 2 aromatic heterocycles. The Labute approximate surface area is 109 Å². The molecule has 2 rings (SSSR count). The van der Waals surface area contributed by atoms with Gasteiger partial charge in [0.2, 0.25) is 0 Å². The highest BCUT2D eigenvalue weighted by Gasteiger charge is 2.05. The Morgan fingerprint density at radius 1 is 1.44 bits per heavy atom. The number of halogens is 1. The third kappa shape index (κ3) is 2.68. The van der Waals surface area contributed by atoms with Crippen LogP contribution in [0.4, 0.5) is 0 Å². The summed E-state index contributed by atoms with van der Waals surface area (Å²) < 4.78 is 6.62. The molecule has 0 unspecified atom stereocenters. The molecule has 0 aliphatic carbocycles. The van der Waals surface area contributed by atoms with E-state index in [0.29, 0.717) is 12.3 Å². The third-order valence-corrected chi connectivity index (χ3v) is 2.68. The van der Waals surface area contributed by atoms with E-state index in [1.54, 1.807) is 19.4 Å². The zero-order valence-electron chi connectivity index (χ0n) is 10.1. The van der Waals surface area contributed by atoms with Gasteiger partial charge in [0.1, 0.15) is 5.75 Å². The Balaban J connectivity index is 2.37. The fourth-order valence-electron chi connectivity index (χ4n) is 1.62. The lowest BCUT2D eigenvalue weighted by Gasteiger charge is -2.08. The number of ether oxygens (including phenoxy) is 1. The van der Waals surface area contributed by atoms with E-state index in [0.717, 1.165) is 11.4 Å². The van der Waals surface area contributed by atoms with Crippen LogP contribution >= 0.6 is 11.6 Å². The van der Waals surface area contributed by atoms with Crippen LogP contribution in [-0.4, -0.2) is 21.6 Å². The highest BCUT2D eigenvalue weighted by molar-refractivity contribution is 6.29. The molecule has 94 valence electrons. The number of hydrogen-bond donors (Lipinski definition) is 0. The number of aromatic nitrogens is 3. The average Bonchev–Trinajstić information content (AvgIpc) is 2.34. The summed E-state index contributed by atoms with van der Waals surface area (Å²) in [5.41, 5.74) is 1.23. The molecule has 2 aromatic rings. The van der Waals surface area contributed by atoms with E-state index < -0.39 is 0 Å². The van der Waals surface area contributed by atoms with Crippen molar-refractivity contribution in [2.75, 3.05) is 7.11 Å². The lowest BCUT2D eigenvalue weighted by Crippen LogP contribution is -2.21. The zero-order valence-corrected chi connectivity index (χ0v) is 10.8. The van der Waals surface area contributed by atoms with Gasteiger partial charge < -0.3 is 9.30 Å². The van der Waals surface area contributed by atoms with Crippen LogP contribution in [0.3, 0.4) is 0 Å². The second-order valence-electron chi connectivity index (χ2n) is 3.79. The van der Waals surface area contributed by atoms with Crippen molar-refractivity contribution in [3.63, 3.8) is 0 Å². The van der Waals surface area contributed by atoms with Gasteiger partial charge in [-0.3, -0.25) is 9.78 Å². The third-order valence-electron chi connectivity index (χ3n) is 2.42. The zero-order chi connectivity index (χ0) is 13.1. The Hall–Kier alpha value is -1.88. The molecule has 0 saturated carbocycles. The Morgan fingerprint density at radius 2 is 2.22 bits per heavy atom. The van der Waals surface area contributed by atoms with Crippen molar-refractivity contribution < 1.29 is 4.74 Å². The molecule has 0 aromatic carbocycles. The molecular formula is C12H12ClN3O2. The summed E-state index contributed by atoms with van der Waals surface area (Å²) in [6, 6.07) is 3.61. The highest BCUT2D eigenvalue weighted by Crippen LogP contribution is 2.13. The van der Waals surface area contributed by atoms with Gasteiger partial charge in [0, 0.05) is 30.2 Å². The summed E-state index contributed by atoms with van der Waals surface area (Å²) in [5, 5.41) is -0.0443. The average molecular weight is 266 g/mol. The normalized spacial score (nSPS) is 10.4. The van der Waals surface area contributed by atoms with E-state index in [1.807, 2.05) is 13.0 Å². The predicted molar refractivity (Wildman–Crippen MR) is 68.1 cm³/mol. The number of nitrogens with zero attached hydrogens (tertiary/aromatic N) is 3. The number of pyridine rings is 1. The molecule has 0 spiro atoms. The smallest absolute Gasteiger partial charge is 0.288 e. The molecule has 0 atom stereocenters. The van der Waals surface area contributed by atoms with Gasteiger partial charge in [0.05, 0.1) is 19.3 Å². The van der Waals surface area contributed by atoms with Gasteiger partial charge in [-0.2, -0.15) is 0 Å². The number of methoxy groups -OCH3 is 1. The first kappa shape index (κ1) is 12.6. The van der Waals surface area contributed by atoms with Gasteiger partial charge in [-0.05, 0) is 6.92 Å². The second-order valence-corrected chi connectivity index (χ2v) is 4.15. The number of hydrogen-bond acceptors (Lipinski definition) is 4. The number of rotatable bonds is 3. The van der Waals surface area contributed by atoms with E-state index >= 15 is 0 Å². The van der Waals surface area contributed by atoms with E-state index in [9.17, 15) is 4.79 Å². The van der Waals surface area contributed by atoms with Crippen molar-refractivity contribution in [3.05, 3.63) is 51.4 Å². The van der Waals surface area contributed by atoms with E-state index in [1.165, 1.54) is 10.8 Å². The first-order valence-corrected chi connectivity index (χ1v) is 5.70. The molecule has 0 amide bonds. The summed E-state index contributed by atoms with van der Waals surface area (Å²) in [6.45, 7) is 2.20. The van der Waals surface area contributed by atoms with Crippen LogP contribution in [0, 0.1) is 6.92 Å². The highest BCUT2D eigenvalue weighted by atomic mass is 35.5. The van der Waals surface area contributed by atoms with Crippen molar-refractivity contribution in [2.45, 2.75) is 13.5 Å². The van der Waals surface area contributed by atoms with Crippen LogP contribution in [0.5, 0.6) is 5.75 Å². The van der Waals surface area contributed by atoms with Gasteiger partial charge in [-0.1, -0.05) is 11.6 Å². The van der Waals surface area contributed by atoms with Crippen molar-refractivity contribution >= 4 is 11.6 Å². The molecule has 0 radical (unpaired) electrons. The lowest BCUT2D eigenvalue weighted by molar-refractivity contribution is 0.412.